The molecule has 1 heterocycles. The highest BCUT2D eigenvalue weighted by Crippen LogP contribution is 2.33. The van der Waals surface area contributed by atoms with Crippen molar-refractivity contribution in [1.82, 2.24) is 5.32 Å². The average molecular weight is 257 g/mol. The van der Waals surface area contributed by atoms with Gasteiger partial charge in [0.1, 0.15) is 17.4 Å². The Morgan fingerprint density at radius 2 is 2.06 bits per heavy atom. The van der Waals surface area contributed by atoms with Crippen LogP contribution in [0.25, 0.3) is 0 Å². The predicted octanol–water partition coefficient (Wildman–Crippen LogP) is 2.27. The van der Waals surface area contributed by atoms with Crippen LogP contribution in [-0.2, 0) is 4.74 Å². The van der Waals surface area contributed by atoms with E-state index in [1.54, 1.807) is 7.05 Å². The molecule has 100 valence electrons. The van der Waals surface area contributed by atoms with Crippen molar-refractivity contribution in [3.05, 3.63) is 29.3 Å². The maximum absolute atomic E-state index is 14.0. The Balaban J connectivity index is 2.35. The standard InChI is InChI=1S/C13H17F2NO2/c1-16-13(8-3-4-18-7-8)12-10(14)5-9(17-2)6-11(12)15/h5-6,8,13,16H,3-4,7H2,1-2H3. The van der Waals surface area contributed by atoms with Crippen molar-refractivity contribution in [3.8, 4) is 5.75 Å². The Morgan fingerprint density at radius 3 is 2.50 bits per heavy atom. The Bertz CT molecular complexity index is 396. The molecule has 2 atom stereocenters. The first-order valence-corrected chi connectivity index (χ1v) is 5.95. The summed E-state index contributed by atoms with van der Waals surface area (Å²) in [5.41, 5.74) is 0.0637. The van der Waals surface area contributed by atoms with Gasteiger partial charge in [-0.05, 0) is 13.5 Å². The summed E-state index contributed by atoms with van der Waals surface area (Å²) in [7, 11) is 3.08. The van der Waals surface area contributed by atoms with E-state index >= 15 is 0 Å². The van der Waals surface area contributed by atoms with Gasteiger partial charge in [0.2, 0.25) is 0 Å². The van der Waals surface area contributed by atoms with Gasteiger partial charge in [0.15, 0.2) is 0 Å². The zero-order chi connectivity index (χ0) is 13.1. The molecule has 0 spiro atoms. The molecule has 1 aliphatic rings. The van der Waals surface area contributed by atoms with Crippen LogP contribution in [0.15, 0.2) is 12.1 Å². The van der Waals surface area contributed by atoms with Crippen LogP contribution in [0.4, 0.5) is 8.78 Å². The third-order valence-corrected chi connectivity index (χ3v) is 3.35. The SMILES string of the molecule is CNC(c1c(F)cc(OC)cc1F)C1CCOC1. The second kappa shape index (κ2) is 5.63. The number of hydrogen-bond donors (Lipinski definition) is 1. The summed E-state index contributed by atoms with van der Waals surface area (Å²) in [6.07, 6.45) is 0.802. The molecule has 1 fully saturated rings. The summed E-state index contributed by atoms with van der Waals surface area (Å²) >= 11 is 0. The van der Waals surface area contributed by atoms with Crippen LogP contribution in [0.5, 0.6) is 5.75 Å². The number of benzene rings is 1. The van der Waals surface area contributed by atoms with E-state index in [1.165, 1.54) is 19.2 Å². The highest BCUT2D eigenvalue weighted by atomic mass is 19.1. The third-order valence-electron chi connectivity index (χ3n) is 3.35. The summed E-state index contributed by atoms with van der Waals surface area (Å²) in [6.45, 7) is 1.17. The Kier molecular flexibility index (Phi) is 4.14. The normalized spacial score (nSPS) is 21.0. The van der Waals surface area contributed by atoms with Gasteiger partial charge in [-0.25, -0.2) is 8.78 Å². The van der Waals surface area contributed by atoms with Gasteiger partial charge in [-0.2, -0.15) is 0 Å². The zero-order valence-corrected chi connectivity index (χ0v) is 10.5. The fraction of sp³-hybridized carbons (Fsp3) is 0.538. The minimum absolute atomic E-state index is 0.0637. The van der Waals surface area contributed by atoms with Gasteiger partial charge in [0.05, 0.1) is 13.7 Å². The van der Waals surface area contributed by atoms with Crippen molar-refractivity contribution >= 4 is 0 Å². The molecular weight excluding hydrogens is 240 g/mol. The van der Waals surface area contributed by atoms with Gasteiger partial charge >= 0.3 is 0 Å². The first-order chi connectivity index (χ1) is 8.67. The van der Waals surface area contributed by atoms with Crippen molar-refractivity contribution in [1.29, 1.82) is 0 Å². The van der Waals surface area contributed by atoms with Crippen LogP contribution in [0.3, 0.4) is 0 Å². The lowest BCUT2D eigenvalue weighted by atomic mass is 9.91. The molecule has 0 bridgehead atoms. The van der Waals surface area contributed by atoms with Crippen molar-refractivity contribution < 1.29 is 18.3 Å². The molecule has 1 aromatic carbocycles. The summed E-state index contributed by atoms with van der Waals surface area (Å²) in [5.74, 6) is -0.894. The highest BCUT2D eigenvalue weighted by molar-refractivity contribution is 5.33. The lowest BCUT2D eigenvalue weighted by Gasteiger charge is -2.23. The zero-order valence-electron chi connectivity index (χ0n) is 10.5. The maximum Gasteiger partial charge on any atom is 0.134 e. The summed E-state index contributed by atoms with van der Waals surface area (Å²) in [6, 6.07) is 2.04. The number of methoxy groups -OCH3 is 1. The van der Waals surface area contributed by atoms with Crippen LogP contribution in [-0.4, -0.2) is 27.4 Å². The van der Waals surface area contributed by atoms with Crippen LogP contribution < -0.4 is 10.1 Å². The fourth-order valence-corrected chi connectivity index (χ4v) is 2.41. The maximum atomic E-state index is 14.0. The first kappa shape index (κ1) is 13.2. The lowest BCUT2D eigenvalue weighted by molar-refractivity contribution is 0.176. The van der Waals surface area contributed by atoms with E-state index in [2.05, 4.69) is 5.32 Å². The molecule has 0 aliphatic carbocycles. The van der Waals surface area contributed by atoms with Gasteiger partial charge in [-0.15, -0.1) is 0 Å². The van der Waals surface area contributed by atoms with Crippen molar-refractivity contribution in [2.45, 2.75) is 12.5 Å². The molecule has 0 aromatic heterocycles. The van der Waals surface area contributed by atoms with Gasteiger partial charge in [0, 0.05) is 36.3 Å². The largest absolute Gasteiger partial charge is 0.497 e. The monoisotopic (exact) mass is 257 g/mol. The predicted molar refractivity (Wildman–Crippen MR) is 63.6 cm³/mol. The molecule has 5 heteroatoms. The van der Waals surface area contributed by atoms with Crippen LogP contribution in [0.1, 0.15) is 18.0 Å². The Morgan fingerprint density at radius 1 is 1.39 bits per heavy atom. The second-order valence-electron chi connectivity index (χ2n) is 4.39. The molecule has 0 saturated carbocycles. The van der Waals surface area contributed by atoms with E-state index in [9.17, 15) is 8.78 Å². The fourth-order valence-electron chi connectivity index (χ4n) is 2.41. The number of ether oxygens (including phenoxy) is 2. The smallest absolute Gasteiger partial charge is 0.134 e. The molecule has 1 N–H and O–H groups in total. The van der Waals surface area contributed by atoms with E-state index in [0.717, 1.165) is 6.42 Å². The minimum Gasteiger partial charge on any atom is -0.497 e. The summed E-state index contributed by atoms with van der Waals surface area (Å²) in [4.78, 5) is 0. The Labute approximate surface area is 105 Å². The van der Waals surface area contributed by atoms with Crippen molar-refractivity contribution in [2.24, 2.45) is 5.92 Å². The first-order valence-electron chi connectivity index (χ1n) is 5.95. The van der Waals surface area contributed by atoms with E-state index < -0.39 is 11.6 Å². The quantitative estimate of drug-likeness (QED) is 0.897. The van der Waals surface area contributed by atoms with E-state index in [-0.39, 0.29) is 23.3 Å². The highest BCUT2D eigenvalue weighted by Gasteiger charge is 2.30. The molecule has 3 nitrogen and oxygen atoms in total. The molecular formula is C13H17F2NO2. The van der Waals surface area contributed by atoms with Gasteiger partial charge in [-0.3, -0.25) is 0 Å². The molecule has 1 aliphatic heterocycles. The van der Waals surface area contributed by atoms with Crippen LogP contribution >= 0.6 is 0 Å². The van der Waals surface area contributed by atoms with Gasteiger partial charge in [-0.1, -0.05) is 0 Å². The van der Waals surface area contributed by atoms with Crippen molar-refractivity contribution in [3.63, 3.8) is 0 Å². The molecule has 1 saturated heterocycles. The number of hydrogen-bond acceptors (Lipinski definition) is 3. The second-order valence-corrected chi connectivity index (χ2v) is 4.39. The van der Waals surface area contributed by atoms with Crippen molar-refractivity contribution in [2.75, 3.05) is 27.4 Å². The van der Waals surface area contributed by atoms with E-state index in [0.29, 0.717) is 13.2 Å². The molecule has 1 aromatic rings. The van der Waals surface area contributed by atoms with E-state index in [4.69, 9.17) is 9.47 Å². The van der Waals surface area contributed by atoms with Crippen LogP contribution in [0, 0.1) is 17.6 Å². The lowest BCUT2D eigenvalue weighted by Crippen LogP contribution is -2.27. The number of nitrogens with one attached hydrogen (secondary N) is 1. The number of rotatable bonds is 4. The molecule has 0 amide bonds. The third kappa shape index (κ3) is 2.47. The number of halogens is 2. The molecule has 18 heavy (non-hydrogen) atoms. The summed E-state index contributed by atoms with van der Waals surface area (Å²) in [5, 5.41) is 2.98. The molecule has 2 rings (SSSR count). The Hall–Kier alpha value is -1.20. The topological polar surface area (TPSA) is 30.5 Å². The average Bonchev–Trinajstić information content (AvgIpc) is 2.86. The molecule has 0 radical (unpaired) electrons. The van der Waals surface area contributed by atoms with Gasteiger partial charge < -0.3 is 14.8 Å². The molecule has 2 unspecified atom stereocenters. The van der Waals surface area contributed by atoms with Gasteiger partial charge in [0.25, 0.3) is 0 Å². The summed E-state index contributed by atoms with van der Waals surface area (Å²) < 4.78 is 38.1. The van der Waals surface area contributed by atoms with Crippen LogP contribution in [0.2, 0.25) is 0 Å². The minimum atomic E-state index is -0.585. The van der Waals surface area contributed by atoms with E-state index in [1.807, 2.05) is 0 Å².